The minimum Gasteiger partial charge on any atom is -0.450 e. The standard InChI is InChI=1S/C23H25N3O2/c1-2-28-23(27)26-12-9-17(10-13-26)21-20-8-5-16(15-24)14-19(20)7-6-18-4-3-11-25-22(18)21/h3-4,11,14H,2,5-10,12-13H2,1H3. The molecule has 5 nitrogen and oxygen atoms in total. The largest absolute Gasteiger partial charge is 0.450 e. The summed E-state index contributed by atoms with van der Waals surface area (Å²) in [6.07, 6.45) is 9.02. The second-order valence-electron chi connectivity index (χ2n) is 7.46. The Morgan fingerprint density at radius 1 is 1.21 bits per heavy atom. The van der Waals surface area contributed by atoms with Gasteiger partial charge in [0.15, 0.2) is 0 Å². The van der Waals surface area contributed by atoms with Gasteiger partial charge in [0.1, 0.15) is 0 Å². The van der Waals surface area contributed by atoms with E-state index in [1.54, 1.807) is 4.90 Å². The van der Waals surface area contributed by atoms with E-state index in [1.807, 2.05) is 19.2 Å². The summed E-state index contributed by atoms with van der Waals surface area (Å²) in [5.74, 6) is 0. The van der Waals surface area contributed by atoms with Gasteiger partial charge in [0.25, 0.3) is 0 Å². The molecule has 1 fully saturated rings. The van der Waals surface area contributed by atoms with Crippen LogP contribution in [0.5, 0.6) is 0 Å². The molecular formula is C23H25N3O2. The van der Waals surface area contributed by atoms with E-state index >= 15 is 0 Å². The van der Waals surface area contributed by atoms with E-state index in [2.05, 4.69) is 18.2 Å². The quantitative estimate of drug-likeness (QED) is 0.721. The number of likely N-dealkylation sites (tertiary alicyclic amines) is 1. The number of hydrogen-bond acceptors (Lipinski definition) is 4. The van der Waals surface area contributed by atoms with Gasteiger partial charge in [0.05, 0.1) is 18.4 Å². The molecule has 3 aliphatic rings. The Hall–Kier alpha value is -2.87. The number of piperidine rings is 1. The highest BCUT2D eigenvalue weighted by Gasteiger charge is 2.29. The van der Waals surface area contributed by atoms with Crippen LogP contribution in [0.4, 0.5) is 4.79 Å². The third-order valence-electron chi connectivity index (χ3n) is 5.86. The average Bonchev–Trinajstić information content (AvgIpc) is 2.90. The summed E-state index contributed by atoms with van der Waals surface area (Å²) in [7, 11) is 0. The van der Waals surface area contributed by atoms with Crippen molar-refractivity contribution in [2.45, 2.75) is 45.4 Å². The number of hydrogen-bond donors (Lipinski definition) is 0. The van der Waals surface area contributed by atoms with Crippen molar-refractivity contribution in [3.8, 4) is 6.07 Å². The predicted molar refractivity (Wildman–Crippen MR) is 107 cm³/mol. The fourth-order valence-electron chi connectivity index (χ4n) is 4.47. The first-order valence-corrected chi connectivity index (χ1v) is 10.1. The second-order valence-corrected chi connectivity index (χ2v) is 7.46. The molecule has 0 aromatic carbocycles. The first-order chi connectivity index (χ1) is 13.7. The van der Waals surface area contributed by atoms with E-state index in [-0.39, 0.29) is 6.09 Å². The van der Waals surface area contributed by atoms with Crippen LogP contribution in [0.2, 0.25) is 0 Å². The van der Waals surface area contributed by atoms with Gasteiger partial charge >= 0.3 is 6.09 Å². The fourth-order valence-corrected chi connectivity index (χ4v) is 4.47. The van der Waals surface area contributed by atoms with Crippen molar-refractivity contribution in [3.05, 3.63) is 58.0 Å². The molecule has 1 amide bonds. The molecule has 0 unspecified atom stereocenters. The summed E-state index contributed by atoms with van der Waals surface area (Å²) in [6, 6.07) is 6.52. The summed E-state index contributed by atoms with van der Waals surface area (Å²) in [6.45, 7) is 3.61. The Kier molecular flexibility index (Phi) is 5.29. The van der Waals surface area contributed by atoms with Gasteiger partial charge in [0, 0.05) is 30.4 Å². The van der Waals surface area contributed by atoms with E-state index in [0.717, 1.165) is 49.8 Å². The maximum atomic E-state index is 12.1. The van der Waals surface area contributed by atoms with E-state index in [0.29, 0.717) is 19.7 Å². The number of aryl methyl sites for hydroxylation is 1. The van der Waals surface area contributed by atoms with Crippen LogP contribution < -0.4 is 0 Å². The summed E-state index contributed by atoms with van der Waals surface area (Å²) in [4.78, 5) is 18.6. The lowest BCUT2D eigenvalue weighted by atomic mass is 9.83. The smallest absolute Gasteiger partial charge is 0.409 e. The Morgan fingerprint density at radius 3 is 2.79 bits per heavy atom. The highest BCUT2D eigenvalue weighted by molar-refractivity contribution is 5.84. The first-order valence-electron chi connectivity index (χ1n) is 10.1. The molecule has 0 spiro atoms. The zero-order valence-corrected chi connectivity index (χ0v) is 16.3. The van der Waals surface area contributed by atoms with E-state index in [4.69, 9.17) is 9.72 Å². The van der Waals surface area contributed by atoms with Crippen molar-refractivity contribution in [1.82, 2.24) is 9.88 Å². The molecule has 5 heteroatoms. The van der Waals surface area contributed by atoms with E-state index in [9.17, 15) is 10.1 Å². The number of fused-ring (bicyclic) bond motifs is 1. The van der Waals surface area contributed by atoms with Crippen molar-refractivity contribution in [2.75, 3.05) is 19.7 Å². The summed E-state index contributed by atoms with van der Waals surface area (Å²) in [5.41, 5.74) is 8.55. The number of amides is 1. The predicted octanol–water partition coefficient (Wildman–Crippen LogP) is 4.57. The van der Waals surface area contributed by atoms with Crippen LogP contribution in [-0.4, -0.2) is 35.7 Å². The molecule has 0 radical (unpaired) electrons. The molecule has 0 atom stereocenters. The maximum Gasteiger partial charge on any atom is 0.409 e. The van der Waals surface area contributed by atoms with Crippen molar-refractivity contribution < 1.29 is 9.53 Å². The molecule has 1 aliphatic heterocycles. The molecular weight excluding hydrogens is 350 g/mol. The van der Waals surface area contributed by atoms with Gasteiger partial charge in [-0.3, -0.25) is 4.98 Å². The Balaban J connectivity index is 1.74. The number of allylic oxidation sites excluding steroid dienone is 5. The van der Waals surface area contributed by atoms with Crippen LogP contribution in [0.1, 0.15) is 50.3 Å². The molecule has 4 rings (SSSR count). The molecule has 2 heterocycles. The number of carbonyl (C=O) groups is 1. The molecule has 0 saturated carbocycles. The van der Waals surface area contributed by atoms with Gasteiger partial charge in [-0.25, -0.2) is 4.79 Å². The molecule has 1 aromatic heterocycles. The molecule has 28 heavy (non-hydrogen) atoms. The number of rotatable bonds is 1. The van der Waals surface area contributed by atoms with Crippen molar-refractivity contribution in [3.63, 3.8) is 0 Å². The Labute approximate surface area is 166 Å². The summed E-state index contributed by atoms with van der Waals surface area (Å²) < 4.78 is 5.16. The van der Waals surface area contributed by atoms with Gasteiger partial charge in [-0.15, -0.1) is 0 Å². The molecule has 0 N–H and O–H groups in total. The third kappa shape index (κ3) is 3.47. The lowest BCUT2D eigenvalue weighted by molar-refractivity contribution is 0.104. The van der Waals surface area contributed by atoms with Gasteiger partial charge in [0.2, 0.25) is 0 Å². The van der Waals surface area contributed by atoms with Crippen LogP contribution in [0, 0.1) is 11.3 Å². The Bertz CT molecular complexity index is 923. The molecule has 1 aromatic rings. The Morgan fingerprint density at radius 2 is 2.04 bits per heavy atom. The number of pyridine rings is 1. The lowest BCUT2D eigenvalue weighted by Gasteiger charge is -2.30. The monoisotopic (exact) mass is 375 g/mol. The SMILES string of the molecule is CCOC(=O)N1CCC(=C2C3=C(C=C(C#N)CC3)CCc3cccnc32)CC1. The van der Waals surface area contributed by atoms with Gasteiger partial charge in [-0.05, 0) is 74.3 Å². The molecule has 1 saturated heterocycles. The maximum absolute atomic E-state index is 12.1. The molecule has 2 aliphatic carbocycles. The number of nitriles is 1. The van der Waals surface area contributed by atoms with E-state index < -0.39 is 0 Å². The van der Waals surface area contributed by atoms with Crippen LogP contribution in [0.3, 0.4) is 0 Å². The normalized spacial score (nSPS) is 19.3. The summed E-state index contributed by atoms with van der Waals surface area (Å²) >= 11 is 0. The molecule has 144 valence electrons. The van der Waals surface area contributed by atoms with Gasteiger partial charge in [-0.1, -0.05) is 11.6 Å². The minimum atomic E-state index is -0.217. The fraction of sp³-hybridized carbons (Fsp3) is 0.435. The van der Waals surface area contributed by atoms with E-state index in [1.165, 1.54) is 27.9 Å². The summed E-state index contributed by atoms with van der Waals surface area (Å²) in [5, 5.41) is 9.35. The van der Waals surface area contributed by atoms with Gasteiger partial charge in [-0.2, -0.15) is 5.26 Å². The third-order valence-corrected chi connectivity index (χ3v) is 5.86. The number of aromatic nitrogens is 1. The lowest BCUT2D eigenvalue weighted by Crippen LogP contribution is -2.37. The number of nitrogens with zero attached hydrogens (tertiary/aromatic N) is 3. The van der Waals surface area contributed by atoms with Crippen molar-refractivity contribution in [1.29, 1.82) is 5.26 Å². The topological polar surface area (TPSA) is 66.2 Å². The first kappa shape index (κ1) is 18.5. The van der Waals surface area contributed by atoms with Crippen LogP contribution in [0.25, 0.3) is 5.57 Å². The van der Waals surface area contributed by atoms with Crippen molar-refractivity contribution >= 4 is 11.7 Å². The molecule has 0 bridgehead atoms. The van der Waals surface area contributed by atoms with Gasteiger partial charge < -0.3 is 9.64 Å². The minimum absolute atomic E-state index is 0.217. The highest BCUT2D eigenvalue weighted by Crippen LogP contribution is 2.42. The zero-order valence-electron chi connectivity index (χ0n) is 16.3. The highest BCUT2D eigenvalue weighted by atomic mass is 16.6. The zero-order chi connectivity index (χ0) is 19.5. The average molecular weight is 375 g/mol. The number of ether oxygens (including phenoxy) is 1. The van der Waals surface area contributed by atoms with Crippen LogP contribution >= 0.6 is 0 Å². The van der Waals surface area contributed by atoms with Crippen LogP contribution in [0.15, 0.2) is 46.7 Å². The van der Waals surface area contributed by atoms with Crippen molar-refractivity contribution in [2.24, 2.45) is 0 Å². The second kappa shape index (κ2) is 8.02. The number of carbonyl (C=O) groups excluding carboxylic acids is 1. The van der Waals surface area contributed by atoms with Crippen LogP contribution in [-0.2, 0) is 11.2 Å².